The first-order valence-electron chi connectivity index (χ1n) is 5.05. The molecule has 0 amide bonds. The van der Waals surface area contributed by atoms with Crippen LogP contribution in [0, 0.1) is 0 Å². The maximum atomic E-state index is 9.55. The van der Waals surface area contributed by atoms with Gasteiger partial charge in [-0.3, -0.25) is 0 Å². The van der Waals surface area contributed by atoms with E-state index in [-0.39, 0.29) is 13.2 Å². The van der Waals surface area contributed by atoms with Crippen molar-refractivity contribution in [3.05, 3.63) is 12.2 Å². The highest BCUT2D eigenvalue weighted by atomic mass is 16.5. The summed E-state index contributed by atoms with van der Waals surface area (Å²) in [6, 6.07) is 0. The monoisotopic (exact) mass is 266 g/mol. The Kier molecular flexibility index (Phi) is 16.3. The van der Waals surface area contributed by atoms with E-state index in [0.717, 1.165) is 0 Å². The predicted octanol–water partition coefficient (Wildman–Crippen LogP) is -1.28. The average Bonchev–Trinajstić information content (AvgIpc) is 2.32. The molecule has 0 spiro atoms. The summed E-state index contributed by atoms with van der Waals surface area (Å²) >= 11 is 0. The molecule has 8 heteroatoms. The van der Waals surface area contributed by atoms with Crippen LogP contribution < -0.4 is 0 Å². The molecule has 0 aromatic rings. The van der Waals surface area contributed by atoms with Gasteiger partial charge in [0.15, 0.2) is 0 Å². The third-order valence-corrected chi connectivity index (χ3v) is 1.21. The van der Waals surface area contributed by atoms with Gasteiger partial charge < -0.3 is 29.9 Å². The first-order chi connectivity index (χ1) is 8.54. The number of carboxylic acid groups (broad SMARTS) is 2. The molecule has 0 saturated carbocycles. The number of hydrogen-bond donors (Lipinski definition) is 4. The summed E-state index contributed by atoms with van der Waals surface area (Å²) < 4.78 is 9.75. The fourth-order valence-electron chi connectivity index (χ4n) is 0.594. The Bertz CT molecular complexity index is 214. The quantitative estimate of drug-likeness (QED) is 0.299. The van der Waals surface area contributed by atoms with E-state index in [1.807, 2.05) is 0 Å². The van der Waals surface area contributed by atoms with Crippen LogP contribution in [0.25, 0.3) is 0 Å². The molecule has 0 aliphatic rings. The smallest absolute Gasteiger partial charge is 0.328 e. The Morgan fingerprint density at radius 3 is 1.33 bits per heavy atom. The zero-order chi connectivity index (χ0) is 14.2. The Morgan fingerprint density at radius 2 is 1.11 bits per heavy atom. The number of ether oxygens (including phenoxy) is 2. The van der Waals surface area contributed by atoms with Crippen LogP contribution in [-0.2, 0) is 19.1 Å². The van der Waals surface area contributed by atoms with E-state index in [4.69, 9.17) is 29.9 Å². The van der Waals surface area contributed by atoms with Gasteiger partial charge in [-0.15, -0.1) is 0 Å². The Hall–Kier alpha value is -1.48. The SMILES string of the molecule is O=C(O)C=CC(=O)O.OCCOCCOCCO. The molecule has 0 aromatic heterocycles. The summed E-state index contributed by atoms with van der Waals surface area (Å²) in [4.78, 5) is 19.1. The molecule has 0 aliphatic carbocycles. The molecule has 0 fully saturated rings. The maximum absolute atomic E-state index is 9.55. The highest BCUT2D eigenvalue weighted by Crippen LogP contribution is 1.76. The topological polar surface area (TPSA) is 134 Å². The second kappa shape index (κ2) is 15.5. The standard InChI is InChI=1S/C6H14O4.C4H4O4/c7-1-3-9-5-6-10-4-2-8;5-3(6)1-2-4(7)8/h7-8H,1-6H2;1-2H,(H,5,6)(H,7,8). The van der Waals surface area contributed by atoms with Crippen molar-refractivity contribution < 1.29 is 39.5 Å². The van der Waals surface area contributed by atoms with E-state index in [2.05, 4.69) is 0 Å². The van der Waals surface area contributed by atoms with Crippen molar-refractivity contribution in [2.45, 2.75) is 0 Å². The molecule has 106 valence electrons. The molecule has 0 bridgehead atoms. The van der Waals surface area contributed by atoms with Gasteiger partial charge in [-0.05, 0) is 0 Å². The number of rotatable bonds is 9. The van der Waals surface area contributed by atoms with Crippen LogP contribution in [0.1, 0.15) is 0 Å². The van der Waals surface area contributed by atoms with Crippen LogP contribution in [0.4, 0.5) is 0 Å². The van der Waals surface area contributed by atoms with Gasteiger partial charge >= 0.3 is 11.9 Å². The molecule has 0 rings (SSSR count). The van der Waals surface area contributed by atoms with Gasteiger partial charge in [0.1, 0.15) is 0 Å². The maximum Gasteiger partial charge on any atom is 0.328 e. The molecule has 0 aromatic carbocycles. The first kappa shape index (κ1) is 18.9. The largest absolute Gasteiger partial charge is 0.478 e. The van der Waals surface area contributed by atoms with Crippen molar-refractivity contribution in [1.82, 2.24) is 0 Å². The molecule has 8 nitrogen and oxygen atoms in total. The molecule has 0 aliphatic heterocycles. The van der Waals surface area contributed by atoms with E-state index in [9.17, 15) is 9.59 Å². The lowest BCUT2D eigenvalue weighted by Gasteiger charge is -2.01. The number of hydrogen-bond acceptors (Lipinski definition) is 6. The van der Waals surface area contributed by atoms with Crippen LogP contribution in [0.15, 0.2) is 12.2 Å². The van der Waals surface area contributed by atoms with Crippen LogP contribution >= 0.6 is 0 Å². The highest BCUT2D eigenvalue weighted by Gasteiger charge is 1.88. The molecule has 0 radical (unpaired) electrons. The minimum atomic E-state index is -1.26. The summed E-state index contributed by atoms with van der Waals surface area (Å²) in [5, 5.41) is 32.2. The van der Waals surface area contributed by atoms with Crippen molar-refractivity contribution >= 4 is 11.9 Å². The van der Waals surface area contributed by atoms with E-state index < -0.39 is 11.9 Å². The molecule has 0 saturated heterocycles. The minimum Gasteiger partial charge on any atom is -0.478 e. The van der Waals surface area contributed by atoms with E-state index in [0.29, 0.717) is 38.6 Å². The predicted molar refractivity (Wildman–Crippen MR) is 60.2 cm³/mol. The second-order valence-corrected chi connectivity index (χ2v) is 2.68. The lowest BCUT2D eigenvalue weighted by Crippen LogP contribution is -2.09. The van der Waals surface area contributed by atoms with Gasteiger partial charge in [0.2, 0.25) is 0 Å². The molecule has 4 N–H and O–H groups in total. The van der Waals surface area contributed by atoms with Gasteiger partial charge in [0.25, 0.3) is 0 Å². The Labute approximate surface area is 104 Å². The summed E-state index contributed by atoms with van der Waals surface area (Å²) in [6.07, 6.45) is 1.12. The lowest BCUT2D eigenvalue weighted by molar-refractivity contribution is -0.134. The van der Waals surface area contributed by atoms with Crippen molar-refractivity contribution in [2.24, 2.45) is 0 Å². The fraction of sp³-hybridized carbons (Fsp3) is 0.600. The number of aliphatic hydroxyl groups is 2. The highest BCUT2D eigenvalue weighted by molar-refractivity contribution is 5.89. The zero-order valence-electron chi connectivity index (χ0n) is 9.82. The third kappa shape index (κ3) is 24.0. The van der Waals surface area contributed by atoms with Crippen LogP contribution in [0.2, 0.25) is 0 Å². The van der Waals surface area contributed by atoms with Crippen LogP contribution in [0.3, 0.4) is 0 Å². The Balaban J connectivity index is 0. The summed E-state index contributed by atoms with van der Waals surface area (Å²) in [7, 11) is 0. The van der Waals surface area contributed by atoms with Crippen molar-refractivity contribution in [2.75, 3.05) is 39.6 Å². The van der Waals surface area contributed by atoms with Crippen LogP contribution in [-0.4, -0.2) is 72.0 Å². The lowest BCUT2D eigenvalue weighted by atomic mass is 10.5. The average molecular weight is 266 g/mol. The van der Waals surface area contributed by atoms with Crippen molar-refractivity contribution in [3.63, 3.8) is 0 Å². The van der Waals surface area contributed by atoms with E-state index >= 15 is 0 Å². The normalized spacial score (nSPS) is 9.89. The summed E-state index contributed by atoms with van der Waals surface area (Å²) in [5.74, 6) is -2.51. The van der Waals surface area contributed by atoms with Gasteiger partial charge in [-0.2, -0.15) is 0 Å². The van der Waals surface area contributed by atoms with Gasteiger partial charge in [-0.1, -0.05) is 0 Å². The zero-order valence-corrected chi connectivity index (χ0v) is 9.82. The molecule has 18 heavy (non-hydrogen) atoms. The number of aliphatic hydroxyl groups excluding tert-OH is 2. The van der Waals surface area contributed by atoms with Crippen molar-refractivity contribution in [1.29, 1.82) is 0 Å². The number of aliphatic carboxylic acids is 2. The number of carboxylic acids is 2. The Morgan fingerprint density at radius 1 is 0.778 bits per heavy atom. The number of carbonyl (C=O) groups is 2. The first-order valence-corrected chi connectivity index (χ1v) is 5.05. The van der Waals surface area contributed by atoms with E-state index in [1.54, 1.807) is 0 Å². The molecular weight excluding hydrogens is 248 g/mol. The van der Waals surface area contributed by atoms with Gasteiger partial charge in [0, 0.05) is 12.2 Å². The van der Waals surface area contributed by atoms with Gasteiger partial charge in [-0.25, -0.2) is 9.59 Å². The second-order valence-electron chi connectivity index (χ2n) is 2.68. The molecule has 0 unspecified atom stereocenters. The van der Waals surface area contributed by atoms with Crippen molar-refractivity contribution in [3.8, 4) is 0 Å². The molecular formula is C10H18O8. The third-order valence-electron chi connectivity index (χ3n) is 1.21. The minimum absolute atomic E-state index is 0.0417. The summed E-state index contributed by atoms with van der Waals surface area (Å²) in [5.41, 5.74) is 0. The van der Waals surface area contributed by atoms with Crippen LogP contribution in [0.5, 0.6) is 0 Å². The summed E-state index contributed by atoms with van der Waals surface area (Å²) in [6.45, 7) is 1.73. The fourth-order valence-corrected chi connectivity index (χ4v) is 0.594. The van der Waals surface area contributed by atoms with E-state index in [1.165, 1.54) is 0 Å². The molecule has 0 atom stereocenters. The van der Waals surface area contributed by atoms with Gasteiger partial charge in [0.05, 0.1) is 39.6 Å². The molecule has 0 heterocycles.